The fourth-order valence-electron chi connectivity index (χ4n) is 6.65. The highest BCUT2D eigenvalue weighted by Gasteiger charge is 2.37. The zero-order valence-electron chi connectivity index (χ0n) is 29.8. The Labute approximate surface area is 264 Å². The van der Waals surface area contributed by atoms with Crippen molar-refractivity contribution in [2.45, 2.75) is 177 Å². The van der Waals surface area contributed by atoms with Gasteiger partial charge in [0.15, 0.2) is 0 Å². The molecule has 42 heavy (non-hydrogen) atoms. The van der Waals surface area contributed by atoms with Crippen molar-refractivity contribution in [1.82, 2.24) is 9.80 Å². The largest absolute Gasteiger partial charge is 0.342 e. The second-order valence-electron chi connectivity index (χ2n) is 13.6. The molecule has 0 amide bonds. The van der Waals surface area contributed by atoms with Crippen molar-refractivity contribution >= 4 is 7.60 Å². The SMILES string of the molecule is CCCCC(CC)CCN(CCN(CC(CC)CCCC)C(CC(CC)CCCC)P(=O)(O)O)CC(CC)CCCC. The highest BCUT2D eigenvalue weighted by atomic mass is 31.2. The summed E-state index contributed by atoms with van der Waals surface area (Å²) in [6.07, 6.45) is 21.0. The van der Waals surface area contributed by atoms with Gasteiger partial charge in [-0.3, -0.25) is 9.46 Å². The third-order valence-corrected chi connectivity index (χ3v) is 11.4. The fraction of sp³-hybridized carbons (Fsp3) is 1.00. The summed E-state index contributed by atoms with van der Waals surface area (Å²) in [5.41, 5.74) is 0. The van der Waals surface area contributed by atoms with Gasteiger partial charge in [0.05, 0.1) is 0 Å². The van der Waals surface area contributed by atoms with Gasteiger partial charge in [-0.05, 0) is 55.9 Å². The van der Waals surface area contributed by atoms with Gasteiger partial charge in [-0.1, -0.05) is 145 Å². The summed E-state index contributed by atoms with van der Waals surface area (Å²) in [5, 5.41) is 0. The minimum Gasteiger partial charge on any atom is -0.323 e. The van der Waals surface area contributed by atoms with Gasteiger partial charge >= 0.3 is 7.60 Å². The van der Waals surface area contributed by atoms with Crippen LogP contribution in [0, 0.1) is 23.7 Å². The van der Waals surface area contributed by atoms with Crippen LogP contribution < -0.4 is 0 Å². The van der Waals surface area contributed by atoms with Crippen molar-refractivity contribution in [3.05, 3.63) is 0 Å². The van der Waals surface area contributed by atoms with Crippen LogP contribution in [-0.2, 0) is 4.57 Å². The van der Waals surface area contributed by atoms with Crippen LogP contribution in [0.3, 0.4) is 0 Å². The first-order valence-corrected chi connectivity index (χ1v) is 20.3. The molecule has 5 nitrogen and oxygen atoms in total. The molecule has 0 bridgehead atoms. The lowest BCUT2D eigenvalue weighted by Gasteiger charge is -2.38. The Bertz CT molecular complexity index is 643. The van der Waals surface area contributed by atoms with E-state index in [1.807, 2.05) is 0 Å². The summed E-state index contributed by atoms with van der Waals surface area (Å²) >= 11 is 0. The third-order valence-electron chi connectivity index (χ3n) is 10.1. The Hall–Kier alpha value is 0.0700. The Morgan fingerprint density at radius 3 is 1.38 bits per heavy atom. The number of hydrogen-bond acceptors (Lipinski definition) is 3. The van der Waals surface area contributed by atoms with Crippen molar-refractivity contribution in [3.63, 3.8) is 0 Å². The van der Waals surface area contributed by atoms with E-state index in [0.29, 0.717) is 24.2 Å². The molecule has 0 spiro atoms. The topological polar surface area (TPSA) is 64.0 Å². The third kappa shape index (κ3) is 19.5. The van der Waals surface area contributed by atoms with Crippen molar-refractivity contribution in [2.75, 3.05) is 32.7 Å². The van der Waals surface area contributed by atoms with E-state index in [0.717, 1.165) is 77.2 Å². The molecule has 2 N–H and O–H groups in total. The van der Waals surface area contributed by atoms with Gasteiger partial charge in [-0.25, -0.2) is 0 Å². The molecule has 0 fully saturated rings. The van der Waals surface area contributed by atoms with Gasteiger partial charge in [0.25, 0.3) is 0 Å². The van der Waals surface area contributed by atoms with Crippen LogP contribution in [0.4, 0.5) is 0 Å². The zero-order valence-corrected chi connectivity index (χ0v) is 30.7. The molecule has 254 valence electrons. The van der Waals surface area contributed by atoms with E-state index >= 15 is 0 Å². The molecular weight excluding hydrogens is 539 g/mol. The second-order valence-corrected chi connectivity index (χ2v) is 15.3. The Balaban J connectivity index is 6.07. The lowest BCUT2D eigenvalue weighted by Crippen LogP contribution is -2.45. The molecule has 0 aliphatic rings. The van der Waals surface area contributed by atoms with Crippen LogP contribution in [0.15, 0.2) is 0 Å². The number of unbranched alkanes of at least 4 members (excludes halogenated alkanes) is 4. The summed E-state index contributed by atoms with van der Waals surface area (Å²) in [4.78, 5) is 26.5. The number of hydrogen-bond donors (Lipinski definition) is 2. The molecule has 0 aromatic carbocycles. The molecule has 5 unspecified atom stereocenters. The molecule has 0 saturated heterocycles. The zero-order chi connectivity index (χ0) is 31.8. The van der Waals surface area contributed by atoms with Gasteiger partial charge in [0, 0.05) is 26.2 Å². The first kappa shape index (κ1) is 42.1. The van der Waals surface area contributed by atoms with Crippen LogP contribution >= 0.6 is 7.60 Å². The minimum atomic E-state index is -4.27. The minimum absolute atomic E-state index is 0.374. The maximum absolute atomic E-state index is 13.2. The fourth-order valence-corrected chi connectivity index (χ4v) is 7.85. The summed E-state index contributed by atoms with van der Waals surface area (Å²) in [5.74, 6) is 1.70. The van der Waals surface area contributed by atoms with Gasteiger partial charge in [-0.15, -0.1) is 0 Å². The summed E-state index contributed by atoms with van der Waals surface area (Å²) in [6.45, 7) is 22.9. The van der Waals surface area contributed by atoms with E-state index in [4.69, 9.17) is 0 Å². The molecule has 0 heterocycles. The van der Waals surface area contributed by atoms with Crippen molar-refractivity contribution < 1.29 is 14.4 Å². The Morgan fingerprint density at radius 2 is 0.952 bits per heavy atom. The summed E-state index contributed by atoms with van der Waals surface area (Å²) in [7, 11) is -4.27. The molecule has 0 aliphatic heterocycles. The highest BCUT2D eigenvalue weighted by Crippen LogP contribution is 2.47. The van der Waals surface area contributed by atoms with Crippen LogP contribution in [0.5, 0.6) is 0 Å². The van der Waals surface area contributed by atoms with Gasteiger partial charge < -0.3 is 14.7 Å². The highest BCUT2D eigenvalue weighted by molar-refractivity contribution is 7.52. The van der Waals surface area contributed by atoms with Crippen molar-refractivity contribution in [3.8, 4) is 0 Å². The van der Waals surface area contributed by atoms with E-state index in [2.05, 4.69) is 65.2 Å². The number of nitrogens with zero attached hydrogens (tertiary/aromatic N) is 2. The van der Waals surface area contributed by atoms with E-state index in [-0.39, 0.29) is 0 Å². The molecule has 0 rings (SSSR count). The van der Waals surface area contributed by atoms with Crippen LogP contribution in [0.1, 0.15) is 171 Å². The molecule has 0 aromatic rings. The molecule has 0 saturated carbocycles. The van der Waals surface area contributed by atoms with Crippen LogP contribution in [0.25, 0.3) is 0 Å². The van der Waals surface area contributed by atoms with E-state index in [1.54, 1.807) is 0 Å². The molecular formula is C36H77N2O3P. The summed E-state index contributed by atoms with van der Waals surface area (Å²) < 4.78 is 13.2. The van der Waals surface area contributed by atoms with Gasteiger partial charge in [0.2, 0.25) is 0 Å². The van der Waals surface area contributed by atoms with Crippen LogP contribution in [-0.4, -0.2) is 58.1 Å². The Morgan fingerprint density at radius 1 is 0.524 bits per heavy atom. The lowest BCUT2D eigenvalue weighted by molar-refractivity contribution is 0.123. The summed E-state index contributed by atoms with van der Waals surface area (Å²) in [6, 6.07) is 0. The predicted molar refractivity (Wildman–Crippen MR) is 186 cm³/mol. The Kier molecular flexibility index (Phi) is 26.3. The molecule has 0 radical (unpaired) electrons. The quantitative estimate of drug-likeness (QED) is 0.0786. The number of rotatable bonds is 30. The van der Waals surface area contributed by atoms with Crippen molar-refractivity contribution in [1.29, 1.82) is 0 Å². The standard InChI is InChI=1S/C36H77N2O3P/c1-9-17-21-32(13-5)25-26-37(30-34(15-7)23-19-11-3)27-28-38(31-35(16-8)24-20-12-4)36(42(39,40)41)29-33(14-6)22-18-10-2/h32-36H,9-31H2,1-8H3,(H2,39,40,41). The first-order valence-electron chi connectivity index (χ1n) is 18.6. The monoisotopic (exact) mass is 617 g/mol. The first-order chi connectivity index (χ1) is 20.1. The second kappa shape index (κ2) is 26.3. The molecule has 0 aliphatic carbocycles. The maximum atomic E-state index is 13.2. The molecule has 0 aromatic heterocycles. The lowest BCUT2D eigenvalue weighted by atomic mass is 9.94. The van der Waals surface area contributed by atoms with E-state index in [9.17, 15) is 14.4 Å². The van der Waals surface area contributed by atoms with Gasteiger partial charge in [-0.2, -0.15) is 0 Å². The van der Waals surface area contributed by atoms with Gasteiger partial charge in [0.1, 0.15) is 5.78 Å². The van der Waals surface area contributed by atoms with Crippen molar-refractivity contribution in [2.24, 2.45) is 23.7 Å². The molecule has 5 atom stereocenters. The van der Waals surface area contributed by atoms with Crippen LogP contribution in [0.2, 0.25) is 0 Å². The average molecular weight is 617 g/mol. The predicted octanol–water partition coefficient (Wildman–Crippen LogP) is 10.7. The normalized spacial score (nSPS) is 16.2. The maximum Gasteiger partial charge on any atom is 0.342 e. The smallest absolute Gasteiger partial charge is 0.323 e. The van der Waals surface area contributed by atoms with E-state index in [1.165, 1.54) is 70.6 Å². The van der Waals surface area contributed by atoms with E-state index < -0.39 is 13.4 Å². The average Bonchev–Trinajstić information content (AvgIpc) is 2.98. The molecule has 6 heteroatoms.